The summed E-state index contributed by atoms with van der Waals surface area (Å²) in [6.07, 6.45) is 3.97. The number of likely N-dealkylation sites (tertiary alicyclic amines) is 1. The topological polar surface area (TPSA) is 15.3 Å². The number of nitrogens with one attached hydrogen (secondary N) is 1. The van der Waals surface area contributed by atoms with Crippen LogP contribution < -0.4 is 5.32 Å². The Morgan fingerprint density at radius 3 is 2.72 bits per heavy atom. The lowest BCUT2D eigenvalue weighted by molar-refractivity contribution is 0.263. The van der Waals surface area contributed by atoms with Gasteiger partial charge in [-0.2, -0.15) is 0 Å². The second-order valence-electron chi connectivity index (χ2n) is 6.19. The van der Waals surface area contributed by atoms with Gasteiger partial charge in [0.1, 0.15) is 0 Å². The molecule has 0 aromatic heterocycles. The number of likely N-dealkylation sites (N-methyl/N-ethyl adjacent to an activating group) is 1. The molecule has 3 rings (SSSR count). The zero-order chi connectivity index (χ0) is 12.5. The van der Waals surface area contributed by atoms with Crippen molar-refractivity contribution in [3.63, 3.8) is 0 Å². The van der Waals surface area contributed by atoms with Crippen LogP contribution in [0.5, 0.6) is 0 Å². The molecule has 98 valence electrons. The van der Waals surface area contributed by atoms with E-state index in [1.54, 1.807) is 0 Å². The summed E-state index contributed by atoms with van der Waals surface area (Å²) in [5.41, 5.74) is 2.93. The molecule has 0 amide bonds. The molecule has 1 N–H and O–H groups in total. The summed E-state index contributed by atoms with van der Waals surface area (Å²) in [6, 6.07) is 10.5. The third kappa shape index (κ3) is 2.60. The van der Waals surface area contributed by atoms with E-state index >= 15 is 0 Å². The van der Waals surface area contributed by atoms with Crippen LogP contribution in [0.15, 0.2) is 24.3 Å². The van der Waals surface area contributed by atoms with Crippen LogP contribution in [0.4, 0.5) is 0 Å². The van der Waals surface area contributed by atoms with Gasteiger partial charge in [-0.3, -0.25) is 0 Å². The van der Waals surface area contributed by atoms with Gasteiger partial charge in [-0.15, -0.1) is 0 Å². The van der Waals surface area contributed by atoms with Gasteiger partial charge >= 0.3 is 0 Å². The van der Waals surface area contributed by atoms with Crippen molar-refractivity contribution in [2.45, 2.75) is 44.2 Å². The Morgan fingerprint density at radius 1 is 1.22 bits per heavy atom. The van der Waals surface area contributed by atoms with Crippen LogP contribution in [0.1, 0.15) is 36.3 Å². The maximum atomic E-state index is 3.82. The summed E-state index contributed by atoms with van der Waals surface area (Å²) in [7, 11) is 2.22. The normalized spacial score (nSPS) is 32.4. The summed E-state index contributed by atoms with van der Waals surface area (Å²) in [4.78, 5) is 2.42. The van der Waals surface area contributed by atoms with E-state index in [4.69, 9.17) is 0 Å². The van der Waals surface area contributed by atoms with Gasteiger partial charge in [-0.25, -0.2) is 0 Å². The first-order valence-electron chi connectivity index (χ1n) is 7.22. The predicted octanol–water partition coefficient (Wildman–Crippen LogP) is 2.53. The molecule has 2 fully saturated rings. The fraction of sp³-hybridized carbons (Fsp3) is 0.625. The van der Waals surface area contributed by atoms with Crippen LogP contribution in [0.25, 0.3) is 0 Å². The zero-order valence-electron chi connectivity index (χ0n) is 11.5. The fourth-order valence-electron chi connectivity index (χ4n) is 3.35. The molecule has 2 aliphatic rings. The van der Waals surface area contributed by atoms with Gasteiger partial charge in [0.15, 0.2) is 0 Å². The predicted molar refractivity (Wildman–Crippen MR) is 76.0 cm³/mol. The second kappa shape index (κ2) is 5.02. The Labute approximate surface area is 110 Å². The third-order valence-corrected chi connectivity index (χ3v) is 4.51. The van der Waals surface area contributed by atoms with Crippen LogP contribution in [0.3, 0.4) is 0 Å². The third-order valence-electron chi connectivity index (χ3n) is 4.51. The molecule has 0 spiro atoms. The molecule has 1 saturated carbocycles. The zero-order valence-corrected chi connectivity index (χ0v) is 11.5. The lowest BCUT2D eigenvalue weighted by Gasteiger charge is -2.38. The largest absolute Gasteiger partial charge is 0.310 e. The van der Waals surface area contributed by atoms with E-state index in [1.807, 2.05) is 0 Å². The number of nitrogens with zero attached hydrogens (tertiary/aromatic N) is 1. The maximum absolute atomic E-state index is 3.82. The Balaban J connectivity index is 1.48. The molecule has 2 nitrogen and oxygen atoms in total. The minimum atomic E-state index is 0.735. The van der Waals surface area contributed by atoms with Gasteiger partial charge in [0.25, 0.3) is 0 Å². The SMILES string of the molecule is Cc1cccc(C2CC(NC3CCN(C)C3)C2)c1. The number of benzene rings is 1. The highest BCUT2D eigenvalue weighted by Gasteiger charge is 2.32. The van der Waals surface area contributed by atoms with Crippen molar-refractivity contribution in [2.24, 2.45) is 0 Å². The number of hydrogen-bond donors (Lipinski definition) is 1. The van der Waals surface area contributed by atoms with Crippen molar-refractivity contribution in [1.82, 2.24) is 10.2 Å². The van der Waals surface area contributed by atoms with E-state index in [0.29, 0.717) is 0 Å². The van der Waals surface area contributed by atoms with Gasteiger partial charge in [-0.05, 0) is 51.3 Å². The highest BCUT2D eigenvalue weighted by Crippen LogP contribution is 2.37. The highest BCUT2D eigenvalue weighted by atomic mass is 15.2. The molecule has 2 heteroatoms. The van der Waals surface area contributed by atoms with E-state index in [0.717, 1.165) is 18.0 Å². The smallest absolute Gasteiger partial charge is 0.0209 e. The Hall–Kier alpha value is -0.860. The average molecular weight is 244 g/mol. The van der Waals surface area contributed by atoms with Gasteiger partial charge in [-0.1, -0.05) is 29.8 Å². The van der Waals surface area contributed by atoms with Gasteiger partial charge in [0.05, 0.1) is 0 Å². The van der Waals surface area contributed by atoms with Gasteiger partial charge in [0.2, 0.25) is 0 Å². The van der Waals surface area contributed by atoms with Crippen molar-refractivity contribution < 1.29 is 0 Å². The first kappa shape index (κ1) is 12.2. The van der Waals surface area contributed by atoms with Crippen molar-refractivity contribution in [3.05, 3.63) is 35.4 Å². The minimum absolute atomic E-state index is 0.735. The summed E-state index contributed by atoms with van der Waals surface area (Å²) in [5, 5.41) is 3.82. The first-order chi connectivity index (χ1) is 8.70. The van der Waals surface area contributed by atoms with E-state index in [2.05, 4.69) is 48.5 Å². The van der Waals surface area contributed by atoms with E-state index < -0.39 is 0 Å². The van der Waals surface area contributed by atoms with Crippen LogP contribution in [-0.4, -0.2) is 37.1 Å². The number of hydrogen-bond acceptors (Lipinski definition) is 2. The van der Waals surface area contributed by atoms with Crippen LogP contribution in [-0.2, 0) is 0 Å². The number of aryl methyl sites for hydroxylation is 1. The maximum Gasteiger partial charge on any atom is 0.0209 e. The van der Waals surface area contributed by atoms with E-state index in [9.17, 15) is 0 Å². The molecular weight excluding hydrogens is 220 g/mol. The molecule has 1 atom stereocenters. The molecule has 18 heavy (non-hydrogen) atoms. The standard InChI is InChI=1S/C16H24N2/c1-12-4-3-5-13(8-12)14-9-16(10-14)17-15-6-7-18(2)11-15/h3-5,8,14-17H,6-7,9-11H2,1-2H3. The Kier molecular flexibility index (Phi) is 3.40. The Bertz CT molecular complexity index is 409. The average Bonchev–Trinajstić information content (AvgIpc) is 2.69. The van der Waals surface area contributed by atoms with Crippen LogP contribution in [0, 0.1) is 6.92 Å². The molecule has 1 aromatic rings. The fourth-order valence-corrected chi connectivity index (χ4v) is 3.35. The Morgan fingerprint density at radius 2 is 2.06 bits per heavy atom. The minimum Gasteiger partial charge on any atom is -0.310 e. The molecule has 0 bridgehead atoms. The monoisotopic (exact) mass is 244 g/mol. The van der Waals surface area contributed by atoms with Crippen molar-refractivity contribution in [2.75, 3.05) is 20.1 Å². The van der Waals surface area contributed by atoms with Gasteiger partial charge < -0.3 is 10.2 Å². The van der Waals surface area contributed by atoms with Crippen LogP contribution >= 0.6 is 0 Å². The first-order valence-corrected chi connectivity index (χ1v) is 7.22. The highest BCUT2D eigenvalue weighted by molar-refractivity contribution is 5.27. The molecule has 1 heterocycles. The van der Waals surface area contributed by atoms with Crippen molar-refractivity contribution in [1.29, 1.82) is 0 Å². The van der Waals surface area contributed by atoms with Gasteiger partial charge in [0, 0.05) is 18.6 Å². The second-order valence-corrected chi connectivity index (χ2v) is 6.19. The lowest BCUT2D eigenvalue weighted by Crippen LogP contribution is -2.46. The number of rotatable bonds is 3. The summed E-state index contributed by atoms with van der Waals surface area (Å²) >= 11 is 0. The summed E-state index contributed by atoms with van der Waals surface area (Å²) in [6.45, 7) is 4.67. The summed E-state index contributed by atoms with van der Waals surface area (Å²) < 4.78 is 0. The van der Waals surface area contributed by atoms with Crippen molar-refractivity contribution >= 4 is 0 Å². The quantitative estimate of drug-likeness (QED) is 0.879. The van der Waals surface area contributed by atoms with Crippen LogP contribution in [0.2, 0.25) is 0 Å². The molecule has 1 saturated heterocycles. The van der Waals surface area contributed by atoms with Crippen molar-refractivity contribution in [3.8, 4) is 0 Å². The summed E-state index contributed by atoms with van der Waals surface area (Å²) in [5.74, 6) is 0.793. The van der Waals surface area contributed by atoms with E-state index in [-0.39, 0.29) is 0 Å². The molecule has 1 aliphatic carbocycles. The van der Waals surface area contributed by atoms with E-state index in [1.165, 1.54) is 43.5 Å². The molecule has 1 aliphatic heterocycles. The molecule has 0 radical (unpaired) electrons. The molecule has 1 unspecified atom stereocenters. The lowest BCUT2D eigenvalue weighted by atomic mass is 9.75. The molecular formula is C16H24N2. The molecule has 1 aromatic carbocycles.